The van der Waals surface area contributed by atoms with Crippen LogP contribution in [0.25, 0.3) is 0 Å². The first-order chi connectivity index (χ1) is 6.56. The number of ether oxygens (including phenoxy) is 1. The van der Waals surface area contributed by atoms with Gasteiger partial charge in [-0.05, 0) is 42.5 Å². The van der Waals surface area contributed by atoms with E-state index in [4.69, 9.17) is 10.5 Å². The fraction of sp³-hybridized carbons (Fsp3) is 0.300. The summed E-state index contributed by atoms with van der Waals surface area (Å²) in [5.74, 6) is 0.689. The van der Waals surface area contributed by atoms with Crippen LogP contribution in [0, 0.1) is 3.57 Å². The number of carbonyl (C=O) groups excluding carboxylic acids is 1. The minimum atomic E-state index is -0.0186. The molecule has 3 nitrogen and oxygen atoms in total. The largest absolute Gasteiger partial charge is 0.494 e. The van der Waals surface area contributed by atoms with Gasteiger partial charge >= 0.3 is 0 Å². The Labute approximate surface area is 96.8 Å². The van der Waals surface area contributed by atoms with E-state index in [0.717, 1.165) is 3.57 Å². The maximum atomic E-state index is 11.2. The molecule has 1 aromatic carbocycles. The molecule has 0 heterocycles. The van der Waals surface area contributed by atoms with Gasteiger partial charge in [-0.2, -0.15) is 0 Å². The van der Waals surface area contributed by atoms with Gasteiger partial charge in [-0.1, -0.05) is 0 Å². The second-order valence-electron chi connectivity index (χ2n) is 2.86. The first-order valence-corrected chi connectivity index (χ1v) is 5.37. The molecule has 0 bridgehead atoms. The zero-order valence-corrected chi connectivity index (χ0v) is 10.3. The van der Waals surface area contributed by atoms with Crippen molar-refractivity contribution in [2.75, 3.05) is 12.3 Å². The topological polar surface area (TPSA) is 52.3 Å². The third-order valence-corrected chi connectivity index (χ3v) is 2.61. The van der Waals surface area contributed by atoms with Gasteiger partial charge in [0.1, 0.15) is 5.75 Å². The van der Waals surface area contributed by atoms with E-state index >= 15 is 0 Å². The first-order valence-electron chi connectivity index (χ1n) is 4.29. The summed E-state index contributed by atoms with van der Waals surface area (Å²) in [6.45, 7) is 4.01. The van der Waals surface area contributed by atoms with Crippen molar-refractivity contribution in [3.05, 3.63) is 21.3 Å². The monoisotopic (exact) mass is 305 g/mol. The number of anilines is 1. The predicted octanol–water partition coefficient (Wildman–Crippen LogP) is 2.47. The first kappa shape index (κ1) is 11.3. The van der Waals surface area contributed by atoms with Gasteiger partial charge in [-0.15, -0.1) is 0 Å². The lowest BCUT2D eigenvalue weighted by Crippen LogP contribution is -2.04. The zero-order valence-electron chi connectivity index (χ0n) is 8.13. The number of carbonyl (C=O) groups is 1. The van der Waals surface area contributed by atoms with Crippen LogP contribution in [0.3, 0.4) is 0 Å². The van der Waals surface area contributed by atoms with Crippen molar-refractivity contribution < 1.29 is 9.53 Å². The quantitative estimate of drug-likeness (QED) is 0.530. The van der Waals surface area contributed by atoms with E-state index in [9.17, 15) is 4.79 Å². The van der Waals surface area contributed by atoms with E-state index in [-0.39, 0.29) is 5.78 Å². The molecule has 2 N–H and O–H groups in total. The molecule has 14 heavy (non-hydrogen) atoms. The number of Topliss-reactive ketones (excluding diaryl/α,β-unsaturated/α-hetero) is 1. The third kappa shape index (κ3) is 2.37. The summed E-state index contributed by atoms with van der Waals surface area (Å²) in [6.07, 6.45) is 0. The van der Waals surface area contributed by atoms with Crippen LogP contribution in [0.5, 0.6) is 5.75 Å². The standard InChI is InChI=1S/C10H12INO2/c1-3-14-7-4-8(11)10(6(2)13)9(12)5-7/h4-5H,3,12H2,1-2H3. The highest BCUT2D eigenvalue weighted by Gasteiger charge is 2.11. The van der Waals surface area contributed by atoms with Gasteiger partial charge < -0.3 is 10.5 Å². The van der Waals surface area contributed by atoms with Gasteiger partial charge in [0.15, 0.2) is 5.78 Å². The van der Waals surface area contributed by atoms with E-state index in [2.05, 4.69) is 22.6 Å². The van der Waals surface area contributed by atoms with Crippen LogP contribution in [0.2, 0.25) is 0 Å². The summed E-state index contributed by atoms with van der Waals surface area (Å²) in [5.41, 5.74) is 6.81. The molecule has 0 spiro atoms. The SMILES string of the molecule is CCOc1cc(N)c(C(C)=O)c(I)c1. The molecule has 0 aliphatic rings. The van der Waals surface area contributed by atoms with Crippen molar-refractivity contribution in [2.45, 2.75) is 13.8 Å². The van der Waals surface area contributed by atoms with Crippen molar-refractivity contribution in [1.82, 2.24) is 0 Å². The second kappa shape index (κ2) is 4.63. The minimum absolute atomic E-state index is 0.0186. The molecule has 76 valence electrons. The molecule has 0 unspecified atom stereocenters. The maximum absolute atomic E-state index is 11.2. The molecule has 0 radical (unpaired) electrons. The van der Waals surface area contributed by atoms with Crippen LogP contribution >= 0.6 is 22.6 Å². The lowest BCUT2D eigenvalue weighted by atomic mass is 10.1. The molecule has 0 saturated heterocycles. The number of halogens is 1. The van der Waals surface area contributed by atoms with Crippen molar-refractivity contribution >= 4 is 34.1 Å². The van der Waals surface area contributed by atoms with Crippen molar-refractivity contribution in [2.24, 2.45) is 0 Å². The van der Waals surface area contributed by atoms with Crippen LogP contribution in [-0.2, 0) is 0 Å². The predicted molar refractivity (Wildman–Crippen MR) is 64.7 cm³/mol. The third-order valence-electron chi connectivity index (χ3n) is 1.76. The van der Waals surface area contributed by atoms with Crippen LogP contribution in [0.4, 0.5) is 5.69 Å². The molecule has 0 fully saturated rings. The Morgan fingerprint density at radius 3 is 2.64 bits per heavy atom. The number of hydrogen-bond acceptors (Lipinski definition) is 3. The Morgan fingerprint density at radius 2 is 2.21 bits per heavy atom. The van der Waals surface area contributed by atoms with E-state index < -0.39 is 0 Å². The van der Waals surface area contributed by atoms with Crippen LogP contribution in [0.15, 0.2) is 12.1 Å². The van der Waals surface area contributed by atoms with Crippen LogP contribution in [0.1, 0.15) is 24.2 Å². The van der Waals surface area contributed by atoms with Gasteiger partial charge in [-0.25, -0.2) is 0 Å². The van der Waals surface area contributed by atoms with E-state index in [1.807, 2.05) is 13.0 Å². The summed E-state index contributed by atoms with van der Waals surface area (Å²) in [5, 5.41) is 0. The van der Waals surface area contributed by atoms with Crippen LogP contribution < -0.4 is 10.5 Å². The summed E-state index contributed by atoms with van der Waals surface area (Å²) >= 11 is 2.09. The average Bonchev–Trinajstić information content (AvgIpc) is 2.01. The molecule has 4 heteroatoms. The number of hydrogen-bond donors (Lipinski definition) is 1. The molecule has 0 aromatic heterocycles. The number of benzene rings is 1. The van der Waals surface area contributed by atoms with Crippen molar-refractivity contribution in [1.29, 1.82) is 0 Å². The van der Waals surface area contributed by atoms with Gasteiger partial charge in [0.2, 0.25) is 0 Å². The average molecular weight is 305 g/mol. The number of rotatable bonds is 3. The Morgan fingerprint density at radius 1 is 1.57 bits per heavy atom. The molecule has 0 saturated carbocycles. The van der Waals surface area contributed by atoms with Crippen LogP contribution in [-0.4, -0.2) is 12.4 Å². The lowest BCUT2D eigenvalue weighted by molar-refractivity contribution is 0.101. The molecule has 0 aliphatic heterocycles. The molecule has 0 atom stereocenters. The highest BCUT2D eigenvalue weighted by molar-refractivity contribution is 14.1. The fourth-order valence-electron chi connectivity index (χ4n) is 1.22. The number of nitrogens with two attached hydrogens (primary N) is 1. The van der Waals surface area contributed by atoms with Crippen molar-refractivity contribution in [3.8, 4) is 5.75 Å². The van der Waals surface area contributed by atoms with E-state index in [0.29, 0.717) is 23.6 Å². The summed E-state index contributed by atoms with van der Waals surface area (Å²) in [4.78, 5) is 11.2. The molecular weight excluding hydrogens is 293 g/mol. The molecule has 0 aliphatic carbocycles. The highest BCUT2D eigenvalue weighted by Crippen LogP contribution is 2.26. The Kier molecular flexibility index (Phi) is 3.74. The number of ketones is 1. The zero-order chi connectivity index (χ0) is 10.7. The minimum Gasteiger partial charge on any atom is -0.494 e. The normalized spacial score (nSPS) is 9.93. The highest BCUT2D eigenvalue weighted by atomic mass is 127. The smallest absolute Gasteiger partial charge is 0.162 e. The molecule has 1 aromatic rings. The van der Waals surface area contributed by atoms with Gasteiger partial charge in [-0.3, -0.25) is 4.79 Å². The van der Waals surface area contributed by atoms with Crippen molar-refractivity contribution in [3.63, 3.8) is 0 Å². The fourth-order valence-corrected chi connectivity index (χ4v) is 2.22. The molecule has 0 amide bonds. The van der Waals surface area contributed by atoms with Gasteiger partial charge in [0.05, 0.1) is 12.2 Å². The second-order valence-corrected chi connectivity index (χ2v) is 4.02. The summed E-state index contributed by atoms with van der Waals surface area (Å²) in [6, 6.07) is 3.50. The molecular formula is C10H12INO2. The van der Waals surface area contributed by atoms with E-state index in [1.54, 1.807) is 6.07 Å². The summed E-state index contributed by atoms with van der Waals surface area (Å²) < 4.78 is 6.14. The molecule has 1 rings (SSSR count). The Balaban J connectivity index is 3.18. The Bertz CT molecular complexity index is 340. The van der Waals surface area contributed by atoms with Gasteiger partial charge in [0.25, 0.3) is 0 Å². The lowest BCUT2D eigenvalue weighted by Gasteiger charge is -2.09. The summed E-state index contributed by atoms with van der Waals surface area (Å²) in [7, 11) is 0. The van der Waals surface area contributed by atoms with Gasteiger partial charge in [0, 0.05) is 15.3 Å². The van der Waals surface area contributed by atoms with E-state index in [1.165, 1.54) is 6.92 Å². The maximum Gasteiger partial charge on any atom is 0.162 e. The Hall–Kier alpha value is -0.780. The number of nitrogen functional groups attached to an aromatic ring is 1.